The average molecular weight is 448 g/mol. The van der Waals surface area contributed by atoms with Gasteiger partial charge >= 0.3 is 0 Å². The molecule has 1 aliphatic heterocycles. The summed E-state index contributed by atoms with van der Waals surface area (Å²) < 4.78 is 0. The van der Waals surface area contributed by atoms with E-state index in [2.05, 4.69) is 24.1 Å². The fourth-order valence-corrected chi connectivity index (χ4v) is 5.30. The molecule has 0 bridgehead atoms. The van der Waals surface area contributed by atoms with E-state index in [0.717, 1.165) is 38.3 Å². The highest BCUT2D eigenvalue weighted by atomic mass is 35.5. The number of amides is 1. The number of aryl methyl sites for hydroxylation is 2. The number of carbonyl (C=O) groups is 1. The monoisotopic (exact) mass is 447 g/mol. The van der Waals surface area contributed by atoms with Crippen LogP contribution >= 0.6 is 34.7 Å². The predicted octanol–water partition coefficient (Wildman–Crippen LogP) is 3.52. The molecule has 3 N–H and O–H groups in total. The van der Waals surface area contributed by atoms with Gasteiger partial charge < -0.3 is 16.0 Å². The van der Waals surface area contributed by atoms with Gasteiger partial charge in [0, 0.05) is 34.4 Å². The van der Waals surface area contributed by atoms with Crippen LogP contribution in [0.15, 0.2) is 29.2 Å². The molecular weight excluding hydrogens is 426 g/mol. The SMILES string of the molecule is Cc1sc2nc(CSc3ccc(Cl)cc3)nc(N3CCN[C@H](C(N)=O)C3)c2c1C. The molecule has 9 heteroatoms. The standard InChI is InChI=1S/C20H22ClN5OS2/c1-11-12(2)29-20-17(11)19(26-8-7-23-15(9-26)18(22)27)24-16(25-20)10-28-14-5-3-13(21)4-6-14/h3-6,15,23H,7-10H2,1-2H3,(H2,22,27)/t15-/m0/s1. The van der Waals surface area contributed by atoms with Crippen LogP contribution in [-0.4, -0.2) is 41.6 Å². The number of carbonyl (C=O) groups excluding carboxylic acids is 1. The molecule has 6 nitrogen and oxygen atoms in total. The Labute approximate surface area is 182 Å². The smallest absolute Gasteiger partial charge is 0.236 e. The van der Waals surface area contributed by atoms with E-state index in [4.69, 9.17) is 27.3 Å². The minimum Gasteiger partial charge on any atom is -0.368 e. The molecule has 1 saturated heterocycles. The van der Waals surface area contributed by atoms with E-state index in [1.54, 1.807) is 23.1 Å². The van der Waals surface area contributed by atoms with Gasteiger partial charge in [0.05, 0.1) is 11.1 Å². The zero-order valence-corrected chi connectivity index (χ0v) is 18.6. The third-order valence-corrected chi connectivity index (χ3v) is 7.42. The predicted molar refractivity (Wildman–Crippen MR) is 121 cm³/mol. The number of primary amides is 1. The molecule has 1 atom stereocenters. The summed E-state index contributed by atoms with van der Waals surface area (Å²) in [5.41, 5.74) is 6.74. The Morgan fingerprint density at radius 2 is 2.10 bits per heavy atom. The molecule has 0 radical (unpaired) electrons. The molecule has 4 rings (SSSR count). The van der Waals surface area contributed by atoms with Crippen molar-refractivity contribution < 1.29 is 4.79 Å². The fraction of sp³-hybridized carbons (Fsp3) is 0.350. The lowest BCUT2D eigenvalue weighted by Crippen LogP contribution is -2.56. The average Bonchev–Trinajstić information content (AvgIpc) is 3.00. The number of fused-ring (bicyclic) bond motifs is 1. The van der Waals surface area contributed by atoms with Crippen LogP contribution in [0, 0.1) is 13.8 Å². The van der Waals surface area contributed by atoms with Crippen molar-refractivity contribution in [1.82, 2.24) is 15.3 Å². The molecule has 1 amide bonds. The van der Waals surface area contributed by atoms with Crippen molar-refractivity contribution in [2.24, 2.45) is 5.73 Å². The Morgan fingerprint density at radius 3 is 2.83 bits per heavy atom. The highest BCUT2D eigenvalue weighted by Crippen LogP contribution is 2.36. The topological polar surface area (TPSA) is 84.1 Å². The number of thiophene rings is 1. The maximum absolute atomic E-state index is 11.7. The number of thioether (sulfide) groups is 1. The molecule has 3 heterocycles. The number of hydrogen-bond donors (Lipinski definition) is 2. The molecule has 0 aliphatic carbocycles. The van der Waals surface area contributed by atoms with E-state index < -0.39 is 0 Å². The molecule has 3 aromatic rings. The first-order chi connectivity index (χ1) is 13.9. The number of aromatic nitrogens is 2. The Hall–Kier alpha value is -1.87. The summed E-state index contributed by atoms with van der Waals surface area (Å²) in [4.78, 5) is 27.0. The van der Waals surface area contributed by atoms with Gasteiger partial charge in [0.1, 0.15) is 22.5 Å². The molecule has 152 valence electrons. The first kappa shape index (κ1) is 20.4. The number of nitrogens with one attached hydrogen (secondary N) is 1. The lowest BCUT2D eigenvalue weighted by molar-refractivity contribution is -0.120. The number of nitrogens with zero attached hydrogens (tertiary/aromatic N) is 3. The summed E-state index contributed by atoms with van der Waals surface area (Å²) in [5, 5.41) is 4.99. The molecule has 1 aromatic carbocycles. The van der Waals surface area contributed by atoms with Crippen LogP contribution in [0.3, 0.4) is 0 Å². The molecule has 0 spiro atoms. The number of hydrogen-bond acceptors (Lipinski definition) is 7. The molecule has 29 heavy (non-hydrogen) atoms. The van der Waals surface area contributed by atoms with Crippen LogP contribution in [0.2, 0.25) is 5.02 Å². The van der Waals surface area contributed by atoms with Crippen LogP contribution in [-0.2, 0) is 10.5 Å². The van der Waals surface area contributed by atoms with Crippen molar-refractivity contribution in [3.05, 3.63) is 45.6 Å². The van der Waals surface area contributed by atoms with Gasteiger partial charge in [-0.25, -0.2) is 9.97 Å². The Bertz CT molecular complexity index is 1050. The van der Waals surface area contributed by atoms with Crippen molar-refractivity contribution in [2.45, 2.75) is 30.5 Å². The van der Waals surface area contributed by atoms with E-state index in [0.29, 0.717) is 18.8 Å². The zero-order valence-electron chi connectivity index (χ0n) is 16.2. The van der Waals surface area contributed by atoms with Crippen LogP contribution in [0.25, 0.3) is 10.2 Å². The summed E-state index contributed by atoms with van der Waals surface area (Å²) in [6.07, 6.45) is 0. The normalized spacial score (nSPS) is 17.1. The van der Waals surface area contributed by atoms with Gasteiger partial charge in [-0.3, -0.25) is 4.79 Å². The summed E-state index contributed by atoms with van der Waals surface area (Å²) in [5.74, 6) is 2.00. The summed E-state index contributed by atoms with van der Waals surface area (Å²) in [7, 11) is 0. The number of nitrogens with two attached hydrogens (primary N) is 1. The quantitative estimate of drug-likeness (QED) is 0.582. The van der Waals surface area contributed by atoms with Gasteiger partial charge in [0.15, 0.2) is 0 Å². The van der Waals surface area contributed by atoms with Gasteiger partial charge in [-0.05, 0) is 43.7 Å². The highest BCUT2D eigenvalue weighted by molar-refractivity contribution is 7.98. The van der Waals surface area contributed by atoms with E-state index >= 15 is 0 Å². The van der Waals surface area contributed by atoms with E-state index in [1.165, 1.54) is 10.4 Å². The second-order valence-corrected chi connectivity index (χ2v) is 9.71. The van der Waals surface area contributed by atoms with E-state index in [9.17, 15) is 4.79 Å². The number of halogens is 1. The van der Waals surface area contributed by atoms with Gasteiger partial charge in [-0.15, -0.1) is 23.1 Å². The maximum Gasteiger partial charge on any atom is 0.236 e. The Kier molecular flexibility index (Phi) is 5.96. The second kappa shape index (κ2) is 8.47. The summed E-state index contributed by atoms with van der Waals surface area (Å²) >= 11 is 9.34. The minimum absolute atomic E-state index is 0.336. The fourth-order valence-electron chi connectivity index (χ4n) is 3.38. The summed E-state index contributed by atoms with van der Waals surface area (Å²) in [6.45, 7) is 6.19. The van der Waals surface area contributed by atoms with Crippen molar-refractivity contribution in [3.63, 3.8) is 0 Å². The molecule has 1 fully saturated rings. The second-order valence-electron chi connectivity index (χ2n) is 7.02. The van der Waals surface area contributed by atoms with Crippen LogP contribution < -0.4 is 16.0 Å². The minimum atomic E-state index is -0.374. The molecule has 2 aromatic heterocycles. The Balaban J connectivity index is 1.68. The van der Waals surface area contributed by atoms with Gasteiger partial charge in [0.2, 0.25) is 5.91 Å². The largest absolute Gasteiger partial charge is 0.368 e. The third kappa shape index (κ3) is 4.35. The van der Waals surface area contributed by atoms with Crippen molar-refractivity contribution >= 4 is 56.6 Å². The Morgan fingerprint density at radius 1 is 1.34 bits per heavy atom. The number of rotatable bonds is 5. The molecule has 0 unspecified atom stereocenters. The first-order valence-corrected chi connectivity index (χ1v) is 11.5. The number of benzene rings is 1. The lowest BCUT2D eigenvalue weighted by Gasteiger charge is -2.33. The third-order valence-electron chi connectivity index (χ3n) is 5.06. The summed E-state index contributed by atoms with van der Waals surface area (Å²) in [6, 6.07) is 7.39. The van der Waals surface area contributed by atoms with Gasteiger partial charge in [-0.1, -0.05) is 11.6 Å². The van der Waals surface area contributed by atoms with Gasteiger partial charge in [-0.2, -0.15) is 0 Å². The van der Waals surface area contributed by atoms with Crippen molar-refractivity contribution in [3.8, 4) is 0 Å². The lowest BCUT2D eigenvalue weighted by atomic mass is 10.1. The van der Waals surface area contributed by atoms with Crippen LogP contribution in [0.4, 0.5) is 5.82 Å². The van der Waals surface area contributed by atoms with E-state index in [-0.39, 0.29) is 11.9 Å². The zero-order chi connectivity index (χ0) is 20.5. The highest BCUT2D eigenvalue weighted by Gasteiger charge is 2.27. The number of anilines is 1. The molecule has 0 saturated carbocycles. The van der Waals surface area contributed by atoms with Crippen LogP contribution in [0.1, 0.15) is 16.3 Å². The van der Waals surface area contributed by atoms with Crippen molar-refractivity contribution in [1.29, 1.82) is 0 Å². The van der Waals surface area contributed by atoms with Crippen LogP contribution in [0.5, 0.6) is 0 Å². The molecule has 1 aliphatic rings. The molecular formula is C20H22ClN5OS2. The number of piperazine rings is 1. The van der Waals surface area contributed by atoms with Crippen molar-refractivity contribution in [2.75, 3.05) is 24.5 Å². The van der Waals surface area contributed by atoms with Gasteiger partial charge in [0.25, 0.3) is 0 Å². The first-order valence-electron chi connectivity index (χ1n) is 9.35. The maximum atomic E-state index is 11.7. The van der Waals surface area contributed by atoms with E-state index in [1.807, 2.05) is 24.3 Å².